The second-order valence-electron chi connectivity index (χ2n) is 6.19. The molecule has 2 heteroatoms. The van der Waals surface area contributed by atoms with Crippen LogP contribution in [0, 0.1) is 12.3 Å². The maximum atomic E-state index is 3.70. The van der Waals surface area contributed by atoms with Gasteiger partial charge in [-0.25, -0.2) is 0 Å². The van der Waals surface area contributed by atoms with Gasteiger partial charge in [-0.05, 0) is 42.7 Å². The molecular weight excluding hydrogens is 238 g/mol. The summed E-state index contributed by atoms with van der Waals surface area (Å²) >= 11 is 1.87. The van der Waals surface area contributed by atoms with E-state index in [0.717, 1.165) is 6.54 Å². The molecule has 1 aromatic heterocycles. The van der Waals surface area contributed by atoms with Crippen LogP contribution in [0.2, 0.25) is 0 Å². The van der Waals surface area contributed by atoms with Gasteiger partial charge in [0.15, 0.2) is 0 Å². The molecular formula is C16H29NS. The predicted octanol–water partition coefficient (Wildman–Crippen LogP) is 5.31. The van der Waals surface area contributed by atoms with Gasteiger partial charge >= 0.3 is 0 Å². The van der Waals surface area contributed by atoms with Gasteiger partial charge in [-0.15, -0.1) is 11.3 Å². The number of unbranched alkanes of at least 4 members (excludes halogenated alkanes) is 2. The van der Waals surface area contributed by atoms with Crippen molar-refractivity contribution in [3.63, 3.8) is 0 Å². The molecule has 1 unspecified atom stereocenters. The second-order valence-corrected chi connectivity index (χ2v) is 7.14. The average molecular weight is 267 g/mol. The molecule has 0 saturated carbocycles. The van der Waals surface area contributed by atoms with E-state index in [1.165, 1.54) is 36.1 Å². The van der Waals surface area contributed by atoms with E-state index in [2.05, 4.69) is 51.4 Å². The van der Waals surface area contributed by atoms with E-state index < -0.39 is 0 Å². The molecule has 1 nitrogen and oxygen atoms in total. The number of nitrogens with one attached hydrogen (secondary N) is 1. The highest BCUT2D eigenvalue weighted by Crippen LogP contribution is 2.27. The van der Waals surface area contributed by atoms with Crippen molar-refractivity contribution in [2.45, 2.75) is 66.3 Å². The van der Waals surface area contributed by atoms with Crippen molar-refractivity contribution in [2.75, 3.05) is 6.54 Å². The van der Waals surface area contributed by atoms with Crippen molar-refractivity contribution in [3.8, 4) is 0 Å². The van der Waals surface area contributed by atoms with E-state index in [1.807, 2.05) is 11.3 Å². The zero-order valence-electron chi connectivity index (χ0n) is 12.7. The molecule has 1 atom stereocenters. The first-order chi connectivity index (χ1) is 8.46. The highest BCUT2D eigenvalue weighted by atomic mass is 32.1. The van der Waals surface area contributed by atoms with Gasteiger partial charge < -0.3 is 5.32 Å². The molecule has 0 aliphatic heterocycles. The van der Waals surface area contributed by atoms with Gasteiger partial charge in [-0.1, -0.05) is 40.0 Å². The van der Waals surface area contributed by atoms with Gasteiger partial charge in [0, 0.05) is 17.5 Å². The lowest BCUT2D eigenvalue weighted by Gasteiger charge is -2.27. The lowest BCUT2D eigenvalue weighted by Crippen LogP contribution is -2.31. The average Bonchev–Trinajstić information content (AvgIpc) is 2.73. The molecule has 0 spiro atoms. The molecule has 1 N–H and O–H groups in total. The molecule has 0 radical (unpaired) electrons. The minimum Gasteiger partial charge on any atom is -0.309 e. The molecule has 1 rings (SSSR count). The number of aryl methyl sites for hydroxylation is 1. The van der Waals surface area contributed by atoms with Crippen molar-refractivity contribution in [3.05, 3.63) is 21.9 Å². The molecule has 0 saturated heterocycles. The SMILES string of the molecule is CCCCCC(C)(C)CNC(C)c1sccc1C. The Morgan fingerprint density at radius 2 is 2.06 bits per heavy atom. The van der Waals surface area contributed by atoms with Crippen LogP contribution in [0.3, 0.4) is 0 Å². The Kier molecular flexibility index (Phi) is 6.37. The predicted molar refractivity (Wildman–Crippen MR) is 83.4 cm³/mol. The van der Waals surface area contributed by atoms with Crippen molar-refractivity contribution < 1.29 is 0 Å². The molecule has 0 aromatic carbocycles. The summed E-state index contributed by atoms with van der Waals surface area (Å²) in [6.07, 6.45) is 5.36. The summed E-state index contributed by atoms with van der Waals surface area (Å²) in [4.78, 5) is 1.49. The number of thiophene rings is 1. The molecule has 0 aliphatic carbocycles. The van der Waals surface area contributed by atoms with Crippen LogP contribution in [-0.4, -0.2) is 6.54 Å². The summed E-state index contributed by atoms with van der Waals surface area (Å²) in [7, 11) is 0. The Balaban J connectivity index is 2.37. The summed E-state index contributed by atoms with van der Waals surface area (Å²) in [5.74, 6) is 0. The third-order valence-electron chi connectivity index (χ3n) is 3.64. The number of hydrogen-bond acceptors (Lipinski definition) is 2. The van der Waals surface area contributed by atoms with Gasteiger partial charge in [0.05, 0.1) is 0 Å². The molecule has 1 aromatic rings. The van der Waals surface area contributed by atoms with Crippen molar-refractivity contribution >= 4 is 11.3 Å². The van der Waals surface area contributed by atoms with Crippen LogP contribution < -0.4 is 5.32 Å². The minimum absolute atomic E-state index is 0.411. The number of rotatable bonds is 8. The fourth-order valence-corrected chi connectivity index (χ4v) is 3.25. The van der Waals surface area contributed by atoms with Crippen molar-refractivity contribution in [2.24, 2.45) is 5.41 Å². The maximum absolute atomic E-state index is 3.70. The van der Waals surface area contributed by atoms with Crippen LogP contribution >= 0.6 is 11.3 Å². The smallest absolute Gasteiger partial charge is 0.0388 e. The highest BCUT2D eigenvalue weighted by Gasteiger charge is 2.19. The summed E-state index contributed by atoms with van der Waals surface area (Å²) in [5, 5.41) is 5.89. The van der Waals surface area contributed by atoms with Crippen molar-refractivity contribution in [1.82, 2.24) is 5.32 Å². The first kappa shape index (κ1) is 15.7. The second kappa shape index (κ2) is 7.30. The molecule has 0 amide bonds. The Labute approximate surface area is 117 Å². The molecule has 0 aliphatic rings. The van der Waals surface area contributed by atoms with Crippen LogP contribution in [0.1, 0.15) is 69.9 Å². The minimum atomic E-state index is 0.411. The third kappa shape index (κ3) is 5.11. The Morgan fingerprint density at radius 3 is 2.61 bits per heavy atom. The maximum Gasteiger partial charge on any atom is 0.0388 e. The highest BCUT2D eigenvalue weighted by molar-refractivity contribution is 7.10. The fourth-order valence-electron chi connectivity index (χ4n) is 2.29. The quantitative estimate of drug-likeness (QED) is 0.629. The van der Waals surface area contributed by atoms with Gasteiger partial charge in [-0.2, -0.15) is 0 Å². The van der Waals surface area contributed by atoms with E-state index in [-0.39, 0.29) is 0 Å². The first-order valence-electron chi connectivity index (χ1n) is 7.23. The zero-order valence-corrected chi connectivity index (χ0v) is 13.5. The third-order valence-corrected chi connectivity index (χ3v) is 4.84. The van der Waals surface area contributed by atoms with Crippen LogP contribution in [-0.2, 0) is 0 Å². The largest absolute Gasteiger partial charge is 0.309 e. The fraction of sp³-hybridized carbons (Fsp3) is 0.750. The standard InChI is InChI=1S/C16H29NS/c1-6-7-8-10-16(4,5)12-17-14(3)15-13(2)9-11-18-15/h9,11,14,17H,6-8,10,12H2,1-5H3. The van der Waals surface area contributed by atoms with E-state index in [1.54, 1.807) is 0 Å². The summed E-state index contributed by atoms with van der Waals surface area (Å²) < 4.78 is 0. The zero-order chi connectivity index (χ0) is 13.6. The summed E-state index contributed by atoms with van der Waals surface area (Å²) in [6, 6.07) is 2.69. The Bertz CT molecular complexity index is 341. The van der Waals surface area contributed by atoms with Gasteiger partial charge in [0.1, 0.15) is 0 Å². The lowest BCUT2D eigenvalue weighted by atomic mass is 9.86. The van der Waals surface area contributed by atoms with Gasteiger partial charge in [0.2, 0.25) is 0 Å². The Morgan fingerprint density at radius 1 is 1.33 bits per heavy atom. The normalized spacial score (nSPS) is 13.8. The van der Waals surface area contributed by atoms with E-state index in [9.17, 15) is 0 Å². The monoisotopic (exact) mass is 267 g/mol. The molecule has 0 fully saturated rings. The van der Waals surface area contributed by atoms with E-state index in [4.69, 9.17) is 0 Å². The first-order valence-corrected chi connectivity index (χ1v) is 8.11. The van der Waals surface area contributed by atoms with Crippen LogP contribution in [0.5, 0.6) is 0 Å². The van der Waals surface area contributed by atoms with Crippen molar-refractivity contribution in [1.29, 1.82) is 0 Å². The van der Waals surface area contributed by atoms with E-state index in [0.29, 0.717) is 11.5 Å². The lowest BCUT2D eigenvalue weighted by molar-refractivity contribution is 0.291. The topological polar surface area (TPSA) is 12.0 Å². The Hall–Kier alpha value is -0.340. The molecule has 104 valence electrons. The number of hydrogen-bond donors (Lipinski definition) is 1. The van der Waals surface area contributed by atoms with E-state index >= 15 is 0 Å². The summed E-state index contributed by atoms with van der Waals surface area (Å²) in [6.45, 7) is 12.6. The molecule has 18 heavy (non-hydrogen) atoms. The van der Waals surface area contributed by atoms with Gasteiger partial charge in [0.25, 0.3) is 0 Å². The molecule has 0 bridgehead atoms. The molecule has 1 heterocycles. The van der Waals surface area contributed by atoms with Crippen LogP contribution in [0.25, 0.3) is 0 Å². The van der Waals surface area contributed by atoms with Gasteiger partial charge in [-0.3, -0.25) is 0 Å². The summed E-state index contributed by atoms with van der Waals surface area (Å²) in [5.41, 5.74) is 1.83. The van der Waals surface area contributed by atoms with Crippen LogP contribution in [0.15, 0.2) is 11.4 Å². The van der Waals surface area contributed by atoms with Crippen LogP contribution in [0.4, 0.5) is 0 Å².